The van der Waals surface area contributed by atoms with E-state index in [-0.39, 0.29) is 36.4 Å². The predicted molar refractivity (Wildman–Crippen MR) is 104 cm³/mol. The molecule has 0 radical (unpaired) electrons. The van der Waals surface area contributed by atoms with Crippen LogP contribution in [0.4, 0.5) is 58.4 Å². The maximum atomic E-state index is 13.1. The molecule has 37 heavy (non-hydrogen) atoms. The third-order valence-electron chi connectivity index (χ3n) is 4.60. The van der Waals surface area contributed by atoms with Gasteiger partial charge in [-0.05, 0) is 48.5 Å². The van der Waals surface area contributed by atoms with E-state index < -0.39 is 75.6 Å². The van der Waals surface area contributed by atoms with E-state index in [1.54, 1.807) is 0 Å². The Morgan fingerprint density at radius 2 is 0.730 bits per heavy atom. The first kappa shape index (κ1) is 27.8. The van der Waals surface area contributed by atoms with Gasteiger partial charge in [0.25, 0.3) is 0 Å². The second kappa shape index (κ2) is 9.27. The number of para-hydroxylation sites is 1. The first-order valence-corrected chi connectivity index (χ1v) is 9.58. The van der Waals surface area contributed by atoms with Crippen molar-refractivity contribution in [3.63, 3.8) is 0 Å². The average Bonchev–Trinajstić information content (AvgIpc) is 2.74. The Morgan fingerprint density at radius 3 is 0.973 bits per heavy atom. The molecule has 0 atom stereocenters. The van der Waals surface area contributed by atoms with E-state index in [1.807, 2.05) is 0 Å². The molecule has 0 heterocycles. The van der Waals surface area contributed by atoms with E-state index >= 15 is 0 Å². The summed E-state index contributed by atoms with van der Waals surface area (Å²) >= 11 is 0. The van der Waals surface area contributed by atoms with Crippen LogP contribution in [0.2, 0.25) is 0 Å². The molecule has 0 spiro atoms. The van der Waals surface area contributed by atoms with Crippen LogP contribution in [0.15, 0.2) is 54.6 Å². The topological polar surface area (TPSA) is 44.5 Å². The number of ether oxygens (including phenoxy) is 2. The summed E-state index contributed by atoms with van der Waals surface area (Å²) in [6, 6.07) is 3.65. The molecule has 0 fully saturated rings. The SMILES string of the molecule is Nc1c(Oc2cc(C(F)(F)F)cc(C(F)(F)F)c2)cccc1Oc1cc(C(F)(F)F)cc(C(F)(F)F)c1. The number of nitrogens with two attached hydrogens (primary N) is 1. The van der Waals surface area contributed by atoms with Crippen molar-refractivity contribution < 1.29 is 62.2 Å². The lowest BCUT2D eigenvalue weighted by Gasteiger charge is -2.17. The van der Waals surface area contributed by atoms with Crippen LogP contribution >= 0.6 is 0 Å². The van der Waals surface area contributed by atoms with Crippen LogP contribution in [-0.2, 0) is 24.7 Å². The van der Waals surface area contributed by atoms with E-state index in [2.05, 4.69) is 0 Å². The molecule has 3 aromatic carbocycles. The summed E-state index contributed by atoms with van der Waals surface area (Å²) in [5.41, 5.74) is -1.71. The molecule has 0 aliphatic rings. The van der Waals surface area contributed by atoms with Gasteiger partial charge in [-0.2, -0.15) is 52.7 Å². The fraction of sp³-hybridized carbons (Fsp3) is 0.182. The minimum absolute atomic E-state index is 0.151. The van der Waals surface area contributed by atoms with Crippen LogP contribution in [0.1, 0.15) is 22.3 Å². The van der Waals surface area contributed by atoms with Gasteiger partial charge in [0.15, 0.2) is 11.5 Å². The standard InChI is InChI=1S/C22H11F12NO2/c23-19(24,25)10-4-11(20(26,27)28)7-14(6-10)36-16-2-1-3-17(18(16)35)37-15-8-12(21(29,30)31)5-13(9-15)22(32,33)34/h1-9H,35H2. The monoisotopic (exact) mass is 549 g/mol. The van der Waals surface area contributed by atoms with E-state index in [1.165, 1.54) is 0 Å². The minimum atomic E-state index is -5.18. The summed E-state index contributed by atoms with van der Waals surface area (Å²) in [7, 11) is 0. The summed E-state index contributed by atoms with van der Waals surface area (Å²) in [6.07, 6.45) is -20.7. The summed E-state index contributed by atoms with van der Waals surface area (Å²) in [6.45, 7) is 0. The molecule has 0 aliphatic carbocycles. The molecular weight excluding hydrogens is 538 g/mol. The van der Waals surface area contributed by atoms with Gasteiger partial charge in [0, 0.05) is 0 Å². The highest BCUT2D eigenvalue weighted by atomic mass is 19.4. The molecule has 0 saturated carbocycles. The lowest BCUT2D eigenvalue weighted by molar-refractivity contribution is -0.144. The quantitative estimate of drug-likeness (QED) is 0.261. The zero-order chi connectivity index (χ0) is 28.0. The van der Waals surface area contributed by atoms with Gasteiger partial charge in [-0.3, -0.25) is 0 Å². The van der Waals surface area contributed by atoms with Crippen LogP contribution < -0.4 is 15.2 Å². The van der Waals surface area contributed by atoms with Gasteiger partial charge in [-0.15, -0.1) is 0 Å². The Bertz CT molecular complexity index is 1130. The van der Waals surface area contributed by atoms with Crippen molar-refractivity contribution in [2.24, 2.45) is 0 Å². The molecule has 0 aliphatic heterocycles. The van der Waals surface area contributed by atoms with Crippen molar-refractivity contribution in [1.29, 1.82) is 0 Å². The molecule has 2 N–H and O–H groups in total. The highest BCUT2D eigenvalue weighted by Gasteiger charge is 2.38. The molecule has 0 saturated heterocycles. The number of hydrogen-bond donors (Lipinski definition) is 1. The normalized spacial score (nSPS) is 13.0. The van der Waals surface area contributed by atoms with Crippen molar-refractivity contribution in [3.8, 4) is 23.0 Å². The first-order chi connectivity index (χ1) is 16.7. The van der Waals surface area contributed by atoms with Gasteiger partial charge in [-0.1, -0.05) is 6.07 Å². The van der Waals surface area contributed by atoms with Crippen LogP contribution in [-0.4, -0.2) is 0 Å². The summed E-state index contributed by atoms with van der Waals surface area (Å²) in [4.78, 5) is 0. The summed E-state index contributed by atoms with van der Waals surface area (Å²) in [5.74, 6) is -3.09. The van der Waals surface area contributed by atoms with Gasteiger partial charge in [0.2, 0.25) is 0 Å². The number of nitrogen functional groups attached to an aromatic ring is 1. The van der Waals surface area contributed by atoms with Crippen LogP contribution in [0, 0.1) is 0 Å². The van der Waals surface area contributed by atoms with E-state index in [0.717, 1.165) is 18.2 Å². The lowest BCUT2D eigenvalue weighted by atomic mass is 10.1. The fourth-order valence-electron chi connectivity index (χ4n) is 2.93. The van der Waals surface area contributed by atoms with Gasteiger partial charge in [0.1, 0.15) is 17.2 Å². The predicted octanol–water partition coefficient (Wildman–Crippen LogP) is 8.93. The maximum Gasteiger partial charge on any atom is 0.416 e. The number of rotatable bonds is 4. The molecular formula is C22H11F12NO2. The van der Waals surface area contributed by atoms with Gasteiger partial charge >= 0.3 is 24.7 Å². The Labute approximate surface area is 199 Å². The van der Waals surface area contributed by atoms with Gasteiger partial charge in [0.05, 0.1) is 22.3 Å². The van der Waals surface area contributed by atoms with Gasteiger partial charge in [-0.25, -0.2) is 0 Å². The number of hydrogen-bond acceptors (Lipinski definition) is 3. The maximum absolute atomic E-state index is 13.1. The molecule has 0 unspecified atom stereocenters. The molecule has 3 aromatic rings. The average molecular weight is 549 g/mol. The van der Waals surface area contributed by atoms with E-state index in [4.69, 9.17) is 15.2 Å². The highest BCUT2D eigenvalue weighted by Crippen LogP contribution is 2.43. The molecule has 3 rings (SSSR count). The van der Waals surface area contributed by atoms with Crippen molar-refractivity contribution in [2.45, 2.75) is 24.7 Å². The van der Waals surface area contributed by atoms with Crippen LogP contribution in [0.5, 0.6) is 23.0 Å². The van der Waals surface area contributed by atoms with Crippen molar-refractivity contribution in [2.75, 3.05) is 5.73 Å². The molecule has 0 bridgehead atoms. The first-order valence-electron chi connectivity index (χ1n) is 9.58. The van der Waals surface area contributed by atoms with Crippen LogP contribution in [0.25, 0.3) is 0 Å². The summed E-state index contributed by atoms with van der Waals surface area (Å²) < 4.78 is 167. The Balaban J connectivity index is 2.02. The zero-order valence-corrected chi connectivity index (χ0v) is 17.6. The van der Waals surface area contributed by atoms with Crippen molar-refractivity contribution >= 4 is 5.69 Å². The van der Waals surface area contributed by atoms with E-state index in [0.29, 0.717) is 0 Å². The summed E-state index contributed by atoms with van der Waals surface area (Å²) in [5, 5.41) is 0. The number of anilines is 1. The Kier molecular flexibility index (Phi) is 6.96. The molecule has 0 amide bonds. The number of halogens is 12. The van der Waals surface area contributed by atoms with Crippen molar-refractivity contribution in [3.05, 3.63) is 76.9 Å². The third-order valence-corrected chi connectivity index (χ3v) is 4.60. The molecule has 15 heteroatoms. The third kappa shape index (κ3) is 6.71. The number of benzene rings is 3. The Hall–Kier alpha value is -3.78. The largest absolute Gasteiger partial charge is 0.455 e. The van der Waals surface area contributed by atoms with E-state index in [9.17, 15) is 52.7 Å². The second-order valence-corrected chi connectivity index (χ2v) is 7.36. The van der Waals surface area contributed by atoms with Crippen molar-refractivity contribution in [1.82, 2.24) is 0 Å². The number of alkyl halides is 12. The second-order valence-electron chi connectivity index (χ2n) is 7.36. The highest BCUT2D eigenvalue weighted by molar-refractivity contribution is 5.64. The fourth-order valence-corrected chi connectivity index (χ4v) is 2.93. The minimum Gasteiger partial charge on any atom is -0.455 e. The molecule has 3 nitrogen and oxygen atoms in total. The zero-order valence-electron chi connectivity index (χ0n) is 17.6. The smallest absolute Gasteiger partial charge is 0.416 e. The Morgan fingerprint density at radius 1 is 0.459 bits per heavy atom. The van der Waals surface area contributed by atoms with Gasteiger partial charge < -0.3 is 15.2 Å². The lowest BCUT2D eigenvalue weighted by Crippen LogP contribution is -2.11. The molecule has 200 valence electrons. The molecule has 0 aromatic heterocycles. The van der Waals surface area contributed by atoms with Crippen LogP contribution in [0.3, 0.4) is 0 Å².